The summed E-state index contributed by atoms with van der Waals surface area (Å²) in [7, 11) is 0. The van der Waals surface area contributed by atoms with Crippen molar-refractivity contribution in [2.75, 3.05) is 5.32 Å². The first kappa shape index (κ1) is 19.5. The van der Waals surface area contributed by atoms with Gasteiger partial charge in [-0.1, -0.05) is 34.8 Å². The molecule has 0 saturated carbocycles. The summed E-state index contributed by atoms with van der Waals surface area (Å²) in [6, 6.07) is 12.6. The summed E-state index contributed by atoms with van der Waals surface area (Å²) in [5.74, 6) is -0.118. The number of benzene rings is 2. The van der Waals surface area contributed by atoms with Gasteiger partial charge in [0.15, 0.2) is 5.13 Å². The minimum Gasteiger partial charge on any atom is -0.301 e. The van der Waals surface area contributed by atoms with E-state index in [0.717, 1.165) is 10.5 Å². The largest absolute Gasteiger partial charge is 0.301 e. The zero-order valence-electron chi connectivity index (χ0n) is 13.5. The van der Waals surface area contributed by atoms with Crippen LogP contribution in [0.15, 0.2) is 52.7 Å². The van der Waals surface area contributed by atoms with Crippen LogP contribution >= 0.6 is 57.9 Å². The minimum atomic E-state index is -0.275. The fraction of sp³-hybridized carbons (Fsp3) is 0.111. The predicted octanol–water partition coefficient (Wildman–Crippen LogP) is 6.89. The van der Waals surface area contributed by atoms with Gasteiger partial charge in [0.05, 0.1) is 16.0 Å². The first-order valence-electron chi connectivity index (χ1n) is 7.56. The number of thiazole rings is 1. The van der Waals surface area contributed by atoms with Crippen LogP contribution in [0, 0.1) is 0 Å². The smallest absolute Gasteiger partial charge is 0.239 e. The molecular formula is C18H13Cl3N2OS2. The highest BCUT2D eigenvalue weighted by Gasteiger charge is 2.17. The number of nitrogens with one attached hydrogen (secondary N) is 1. The standard InChI is InChI=1S/C18H13Cl3N2OS2/c1-10(26-13-5-2-11(19)3-6-13)17(24)23-18-22-16(9-25-18)14-7-4-12(20)8-15(14)21/h2-10H,1H3,(H,22,23,24). The fourth-order valence-corrected chi connectivity index (χ4v) is 4.34. The third-order valence-electron chi connectivity index (χ3n) is 3.44. The highest BCUT2D eigenvalue weighted by atomic mass is 35.5. The van der Waals surface area contributed by atoms with Gasteiger partial charge >= 0.3 is 0 Å². The molecule has 3 nitrogen and oxygen atoms in total. The van der Waals surface area contributed by atoms with Gasteiger partial charge in [0.25, 0.3) is 0 Å². The number of rotatable bonds is 5. The number of thioether (sulfide) groups is 1. The molecule has 1 atom stereocenters. The van der Waals surface area contributed by atoms with Crippen LogP contribution in [-0.2, 0) is 4.79 Å². The van der Waals surface area contributed by atoms with Crippen molar-refractivity contribution >= 4 is 68.9 Å². The van der Waals surface area contributed by atoms with E-state index in [9.17, 15) is 4.79 Å². The van der Waals surface area contributed by atoms with E-state index >= 15 is 0 Å². The third kappa shape index (κ3) is 4.93. The average molecular weight is 444 g/mol. The number of carbonyl (C=O) groups is 1. The molecule has 8 heteroatoms. The third-order valence-corrected chi connectivity index (χ3v) is 6.11. The monoisotopic (exact) mass is 442 g/mol. The second kappa shape index (κ2) is 8.63. The maximum Gasteiger partial charge on any atom is 0.239 e. The molecule has 0 radical (unpaired) electrons. The lowest BCUT2D eigenvalue weighted by Crippen LogP contribution is -2.22. The molecule has 2 aromatic carbocycles. The number of nitrogens with zero attached hydrogens (tertiary/aromatic N) is 1. The molecule has 0 fully saturated rings. The van der Waals surface area contributed by atoms with Gasteiger partial charge in [-0.25, -0.2) is 4.98 Å². The number of amides is 1. The Labute approximate surface area is 174 Å². The van der Waals surface area contributed by atoms with Gasteiger partial charge < -0.3 is 5.32 Å². The summed E-state index contributed by atoms with van der Waals surface area (Å²) in [4.78, 5) is 17.8. The Bertz CT molecular complexity index is 928. The van der Waals surface area contributed by atoms with Crippen LogP contribution in [0.3, 0.4) is 0 Å². The molecule has 0 bridgehead atoms. The van der Waals surface area contributed by atoms with E-state index in [1.165, 1.54) is 23.1 Å². The Kier molecular flexibility index (Phi) is 6.48. The number of hydrogen-bond donors (Lipinski definition) is 1. The van der Waals surface area contributed by atoms with Crippen LogP contribution in [0.4, 0.5) is 5.13 Å². The highest BCUT2D eigenvalue weighted by molar-refractivity contribution is 8.00. The predicted molar refractivity (Wildman–Crippen MR) is 113 cm³/mol. The van der Waals surface area contributed by atoms with Gasteiger partial charge in [0.1, 0.15) is 0 Å². The Balaban J connectivity index is 1.66. The lowest BCUT2D eigenvalue weighted by atomic mass is 10.2. The summed E-state index contributed by atoms with van der Waals surface area (Å²) < 4.78 is 0. The molecule has 26 heavy (non-hydrogen) atoms. The van der Waals surface area contributed by atoms with E-state index in [1.54, 1.807) is 24.3 Å². The Morgan fingerprint density at radius 1 is 1.12 bits per heavy atom. The molecule has 3 aromatic rings. The molecule has 0 spiro atoms. The van der Waals surface area contributed by atoms with Crippen molar-refractivity contribution in [2.24, 2.45) is 0 Å². The Morgan fingerprint density at radius 2 is 1.81 bits per heavy atom. The molecule has 134 valence electrons. The zero-order valence-corrected chi connectivity index (χ0v) is 17.4. The van der Waals surface area contributed by atoms with Crippen molar-refractivity contribution in [3.63, 3.8) is 0 Å². The summed E-state index contributed by atoms with van der Waals surface area (Å²) >= 11 is 20.8. The van der Waals surface area contributed by atoms with Crippen molar-refractivity contribution in [3.8, 4) is 11.3 Å². The zero-order chi connectivity index (χ0) is 18.7. The van der Waals surface area contributed by atoms with Gasteiger partial charge in [-0.3, -0.25) is 4.79 Å². The van der Waals surface area contributed by atoms with Crippen LogP contribution < -0.4 is 5.32 Å². The van der Waals surface area contributed by atoms with Crippen LogP contribution in [0.5, 0.6) is 0 Å². The van der Waals surface area contributed by atoms with E-state index < -0.39 is 0 Å². The molecule has 0 aliphatic carbocycles. The number of carbonyl (C=O) groups excluding carboxylic acids is 1. The molecule has 0 aliphatic rings. The molecule has 1 heterocycles. The maximum atomic E-state index is 12.4. The Hall–Kier alpha value is -1.24. The molecule has 1 aromatic heterocycles. The Morgan fingerprint density at radius 3 is 2.50 bits per heavy atom. The number of hydrogen-bond acceptors (Lipinski definition) is 4. The van der Waals surface area contributed by atoms with Crippen molar-refractivity contribution in [1.82, 2.24) is 4.98 Å². The van der Waals surface area contributed by atoms with Gasteiger partial charge in [-0.05, 0) is 49.4 Å². The van der Waals surface area contributed by atoms with Crippen LogP contribution in [-0.4, -0.2) is 16.1 Å². The van der Waals surface area contributed by atoms with Crippen molar-refractivity contribution in [3.05, 3.63) is 62.9 Å². The normalized spacial score (nSPS) is 12.0. The van der Waals surface area contributed by atoms with Crippen LogP contribution in [0.1, 0.15) is 6.92 Å². The SMILES string of the molecule is CC(Sc1ccc(Cl)cc1)C(=O)Nc1nc(-c2ccc(Cl)cc2Cl)cs1. The van der Waals surface area contributed by atoms with E-state index in [-0.39, 0.29) is 11.2 Å². The lowest BCUT2D eigenvalue weighted by Gasteiger charge is -2.10. The molecule has 0 saturated heterocycles. The first-order chi connectivity index (χ1) is 12.4. The topological polar surface area (TPSA) is 42.0 Å². The van der Waals surface area contributed by atoms with E-state index in [0.29, 0.717) is 25.9 Å². The molecule has 0 aliphatic heterocycles. The minimum absolute atomic E-state index is 0.118. The summed E-state index contributed by atoms with van der Waals surface area (Å²) in [6.45, 7) is 1.85. The van der Waals surface area contributed by atoms with Gasteiger partial charge in [-0.2, -0.15) is 0 Å². The van der Waals surface area contributed by atoms with Crippen LogP contribution in [0.2, 0.25) is 15.1 Å². The molecule has 1 N–H and O–H groups in total. The second-order valence-electron chi connectivity index (χ2n) is 5.37. The summed E-state index contributed by atoms with van der Waals surface area (Å²) in [5, 5.41) is 6.70. The number of halogens is 3. The molecule has 3 rings (SSSR count). The average Bonchev–Trinajstić information content (AvgIpc) is 3.05. The highest BCUT2D eigenvalue weighted by Crippen LogP contribution is 2.33. The fourth-order valence-electron chi connectivity index (χ4n) is 2.13. The van der Waals surface area contributed by atoms with Gasteiger partial charge in [0.2, 0.25) is 5.91 Å². The van der Waals surface area contributed by atoms with E-state index in [4.69, 9.17) is 34.8 Å². The lowest BCUT2D eigenvalue weighted by molar-refractivity contribution is -0.115. The molecular weight excluding hydrogens is 431 g/mol. The maximum absolute atomic E-state index is 12.4. The van der Waals surface area contributed by atoms with Crippen molar-refractivity contribution < 1.29 is 4.79 Å². The quantitative estimate of drug-likeness (QED) is 0.436. The number of anilines is 1. The number of aromatic nitrogens is 1. The summed E-state index contributed by atoms with van der Waals surface area (Å²) in [6.07, 6.45) is 0. The van der Waals surface area contributed by atoms with Gasteiger partial charge in [-0.15, -0.1) is 23.1 Å². The molecule has 1 amide bonds. The van der Waals surface area contributed by atoms with Crippen LogP contribution in [0.25, 0.3) is 11.3 Å². The van der Waals surface area contributed by atoms with E-state index in [2.05, 4.69) is 10.3 Å². The first-order valence-corrected chi connectivity index (χ1v) is 10.5. The van der Waals surface area contributed by atoms with Crippen molar-refractivity contribution in [2.45, 2.75) is 17.1 Å². The molecule has 1 unspecified atom stereocenters. The van der Waals surface area contributed by atoms with Crippen molar-refractivity contribution in [1.29, 1.82) is 0 Å². The second-order valence-corrected chi connectivity index (χ2v) is 8.92. The summed E-state index contributed by atoms with van der Waals surface area (Å²) in [5.41, 5.74) is 1.47. The van der Waals surface area contributed by atoms with Gasteiger partial charge in [0, 0.05) is 25.9 Å². The van der Waals surface area contributed by atoms with E-state index in [1.807, 2.05) is 30.5 Å².